The van der Waals surface area contributed by atoms with Crippen LogP contribution in [0.2, 0.25) is 0 Å². The van der Waals surface area contributed by atoms with Crippen LogP contribution in [0.15, 0.2) is 22.7 Å². The van der Waals surface area contributed by atoms with Crippen LogP contribution in [0, 0.1) is 5.92 Å². The van der Waals surface area contributed by atoms with Gasteiger partial charge < -0.3 is 4.90 Å². The van der Waals surface area contributed by atoms with Crippen molar-refractivity contribution in [3.8, 4) is 0 Å². The first-order valence-electron chi connectivity index (χ1n) is 4.54. The smallest absolute Gasteiger partial charge is 0.0215 e. The molecule has 0 aliphatic heterocycles. The van der Waals surface area contributed by atoms with Crippen molar-refractivity contribution in [1.29, 1.82) is 0 Å². The number of hydrogen-bond acceptors (Lipinski definition) is 1. The Morgan fingerprint density at radius 2 is 2.08 bits per heavy atom. The Morgan fingerprint density at radius 3 is 2.50 bits per heavy atom. The fourth-order valence-electron chi connectivity index (χ4n) is 1.41. The molecule has 0 aromatic carbocycles. The number of allylic oxidation sites excluding steroid dienone is 2. The molecule has 1 unspecified atom stereocenters. The van der Waals surface area contributed by atoms with Crippen LogP contribution in [0.5, 0.6) is 0 Å². The summed E-state index contributed by atoms with van der Waals surface area (Å²) < 4.78 is 1.31. The highest BCUT2D eigenvalue weighted by Crippen LogP contribution is 2.25. The maximum absolute atomic E-state index is 3.56. The zero-order valence-corrected chi connectivity index (χ0v) is 9.34. The fraction of sp³-hybridized carbons (Fsp3) is 0.600. The van der Waals surface area contributed by atoms with Crippen molar-refractivity contribution in [2.45, 2.75) is 13.8 Å². The molecule has 1 nitrogen and oxygen atoms in total. The van der Waals surface area contributed by atoms with Crippen molar-refractivity contribution >= 4 is 15.9 Å². The molecule has 1 rings (SSSR count). The molecule has 0 saturated carbocycles. The van der Waals surface area contributed by atoms with Crippen LogP contribution in [0.1, 0.15) is 13.8 Å². The van der Waals surface area contributed by atoms with E-state index in [1.807, 2.05) is 0 Å². The second kappa shape index (κ2) is 4.83. The van der Waals surface area contributed by atoms with E-state index in [2.05, 4.69) is 52.9 Å². The van der Waals surface area contributed by atoms with Gasteiger partial charge in [-0.1, -0.05) is 48.0 Å². The van der Waals surface area contributed by atoms with E-state index in [0.29, 0.717) is 5.92 Å². The van der Waals surface area contributed by atoms with E-state index in [9.17, 15) is 0 Å². The zero-order chi connectivity index (χ0) is 8.97. The summed E-state index contributed by atoms with van der Waals surface area (Å²) in [6.45, 7) is 7.84. The van der Waals surface area contributed by atoms with Crippen molar-refractivity contribution in [3.63, 3.8) is 0 Å². The number of nitrogens with zero attached hydrogens (tertiary/aromatic N) is 1. The van der Waals surface area contributed by atoms with Gasteiger partial charge in [-0.25, -0.2) is 0 Å². The molecule has 2 heteroatoms. The van der Waals surface area contributed by atoms with Crippen LogP contribution >= 0.6 is 15.9 Å². The Hall–Kier alpha value is -0.0800. The van der Waals surface area contributed by atoms with Gasteiger partial charge in [0, 0.05) is 16.9 Å². The van der Waals surface area contributed by atoms with E-state index in [4.69, 9.17) is 0 Å². The Balaban J connectivity index is 2.40. The van der Waals surface area contributed by atoms with Crippen molar-refractivity contribution in [3.05, 3.63) is 22.7 Å². The second-order valence-electron chi connectivity index (χ2n) is 3.03. The van der Waals surface area contributed by atoms with Crippen LogP contribution in [-0.2, 0) is 0 Å². The summed E-state index contributed by atoms with van der Waals surface area (Å²) in [6.07, 6.45) is 6.51. The van der Waals surface area contributed by atoms with Crippen molar-refractivity contribution in [2.75, 3.05) is 19.6 Å². The fourth-order valence-corrected chi connectivity index (χ4v) is 1.86. The van der Waals surface area contributed by atoms with E-state index in [-0.39, 0.29) is 0 Å². The van der Waals surface area contributed by atoms with Crippen molar-refractivity contribution < 1.29 is 0 Å². The lowest BCUT2D eigenvalue weighted by Gasteiger charge is -2.21. The molecule has 0 N–H and O–H groups in total. The molecule has 1 atom stereocenters. The maximum atomic E-state index is 3.56. The molecule has 0 fully saturated rings. The third-order valence-corrected chi connectivity index (χ3v) is 3.15. The molecule has 0 heterocycles. The molecule has 0 saturated heterocycles. The van der Waals surface area contributed by atoms with Crippen LogP contribution in [0.3, 0.4) is 0 Å². The third kappa shape index (κ3) is 2.46. The first-order valence-corrected chi connectivity index (χ1v) is 5.33. The monoisotopic (exact) mass is 229 g/mol. The lowest BCUT2D eigenvalue weighted by Crippen LogP contribution is -2.28. The molecule has 1 aliphatic rings. The highest BCUT2D eigenvalue weighted by Gasteiger charge is 2.14. The Kier molecular flexibility index (Phi) is 4.02. The minimum Gasteiger partial charge on any atom is -0.303 e. The number of hydrogen-bond donors (Lipinski definition) is 0. The van der Waals surface area contributed by atoms with E-state index >= 15 is 0 Å². The molecule has 0 aromatic heterocycles. The standard InChI is InChI=1S/C10H16BrN/c1-3-12(4-2)8-9-6-5-7-10(9)11/h5-7,9H,3-4,8H2,1-2H3. The van der Waals surface area contributed by atoms with Crippen LogP contribution in [0.4, 0.5) is 0 Å². The van der Waals surface area contributed by atoms with E-state index < -0.39 is 0 Å². The SMILES string of the molecule is CCN(CC)CC1C=CC=C1Br. The van der Waals surface area contributed by atoms with Gasteiger partial charge in [-0.3, -0.25) is 0 Å². The third-order valence-electron chi connectivity index (χ3n) is 2.30. The minimum atomic E-state index is 0.588. The summed E-state index contributed by atoms with van der Waals surface area (Å²) in [7, 11) is 0. The minimum absolute atomic E-state index is 0.588. The molecule has 68 valence electrons. The van der Waals surface area contributed by atoms with Gasteiger partial charge in [0.15, 0.2) is 0 Å². The topological polar surface area (TPSA) is 3.24 Å². The quantitative estimate of drug-likeness (QED) is 0.717. The van der Waals surface area contributed by atoms with Gasteiger partial charge in [-0.05, 0) is 13.1 Å². The zero-order valence-electron chi connectivity index (χ0n) is 7.76. The summed E-state index contributed by atoms with van der Waals surface area (Å²) in [4.78, 5) is 2.44. The lowest BCUT2D eigenvalue weighted by atomic mass is 10.1. The average molecular weight is 230 g/mol. The van der Waals surface area contributed by atoms with Crippen molar-refractivity contribution in [1.82, 2.24) is 4.90 Å². The molecule has 12 heavy (non-hydrogen) atoms. The van der Waals surface area contributed by atoms with E-state index in [0.717, 1.165) is 19.6 Å². The highest BCUT2D eigenvalue weighted by atomic mass is 79.9. The van der Waals surface area contributed by atoms with E-state index in [1.54, 1.807) is 0 Å². The molecule has 0 amide bonds. The Bertz CT molecular complexity index is 192. The van der Waals surface area contributed by atoms with Gasteiger partial charge in [0.05, 0.1) is 0 Å². The van der Waals surface area contributed by atoms with Gasteiger partial charge in [0.1, 0.15) is 0 Å². The molecular weight excluding hydrogens is 214 g/mol. The van der Waals surface area contributed by atoms with Crippen LogP contribution < -0.4 is 0 Å². The predicted molar refractivity (Wildman–Crippen MR) is 57.4 cm³/mol. The normalized spacial score (nSPS) is 22.0. The molecule has 0 aromatic rings. The largest absolute Gasteiger partial charge is 0.303 e. The summed E-state index contributed by atoms with van der Waals surface area (Å²) in [5, 5.41) is 0. The van der Waals surface area contributed by atoms with Gasteiger partial charge >= 0.3 is 0 Å². The highest BCUT2D eigenvalue weighted by molar-refractivity contribution is 9.11. The van der Waals surface area contributed by atoms with Gasteiger partial charge in [0.2, 0.25) is 0 Å². The van der Waals surface area contributed by atoms with Crippen LogP contribution in [0.25, 0.3) is 0 Å². The second-order valence-corrected chi connectivity index (χ2v) is 3.94. The first-order chi connectivity index (χ1) is 5.77. The maximum Gasteiger partial charge on any atom is 0.0215 e. The summed E-state index contributed by atoms with van der Waals surface area (Å²) in [5.41, 5.74) is 0. The van der Waals surface area contributed by atoms with Gasteiger partial charge in [-0.2, -0.15) is 0 Å². The summed E-state index contributed by atoms with van der Waals surface area (Å²) >= 11 is 3.56. The lowest BCUT2D eigenvalue weighted by molar-refractivity contribution is 0.289. The summed E-state index contributed by atoms with van der Waals surface area (Å²) in [5.74, 6) is 0.588. The van der Waals surface area contributed by atoms with Crippen molar-refractivity contribution in [2.24, 2.45) is 5.92 Å². The average Bonchev–Trinajstić information content (AvgIpc) is 2.47. The van der Waals surface area contributed by atoms with Gasteiger partial charge in [0.25, 0.3) is 0 Å². The first kappa shape index (κ1) is 10.0. The molecule has 1 aliphatic carbocycles. The van der Waals surface area contributed by atoms with Crippen LogP contribution in [-0.4, -0.2) is 24.5 Å². The number of rotatable bonds is 4. The van der Waals surface area contributed by atoms with Gasteiger partial charge in [-0.15, -0.1) is 0 Å². The Morgan fingerprint density at radius 1 is 1.42 bits per heavy atom. The Labute approximate surface area is 83.3 Å². The number of halogens is 1. The molecular formula is C10H16BrN. The molecule has 0 bridgehead atoms. The molecule has 0 spiro atoms. The summed E-state index contributed by atoms with van der Waals surface area (Å²) in [6, 6.07) is 0. The van der Waals surface area contributed by atoms with E-state index in [1.165, 1.54) is 4.48 Å². The predicted octanol–water partition coefficient (Wildman–Crippen LogP) is 2.79. The molecule has 0 radical (unpaired) electrons.